The van der Waals surface area contributed by atoms with E-state index in [1.165, 1.54) is 48.5 Å². The van der Waals surface area contributed by atoms with Crippen LogP contribution in [0.2, 0.25) is 0 Å². The number of aryl methyl sites for hydroxylation is 1. The summed E-state index contributed by atoms with van der Waals surface area (Å²) < 4.78 is 5.01. The van der Waals surface area contributed by atoms with Gasteiger partial charge in [0.05, 0.1) is 22.3 Å². The number of aliphatic imine (C=N–C) groups is 1. The van der Waals surface area contributed by atoms with Crippen LogP contribution in [0.25, 0.3) is 60.4 Å². The fourth-order valence-electron chi connectivity index (χ4n) is 6.81. The van der Waals surface area contributed by atoms with Gasteiger partial charge in [-0.2, -0.15) is 0 Å². The van der Waals surface area contributed by atoms with Crippen molar-refractivity contribution in [3.63, 3.8) is 0 Å². The summed E-state index contributed by atoms with van der Waals surface area (Å²) in [4.78, 5) is 10.7. The Balaban J connectivity index is 1.43. The largest absolute Gasteiger partial charge is 0.339 e. The lowest BCUT2D eigenvalue weighted by molar-refractivity contribution is 0.821. The summed E-state index contributed by atoms with van der Waals surface area (Å²) in [6.45, 7) is 1.87. The first-order valence-electron chi connectivity index (χ1n) is 14.2. The zero-order valence-corrected chi connectivity index (χ0v) is 23.2. The van der Waals surface area contributed by atoms with Gasteiger partial charge < -0.3 is 9.13 Å². The van der Waals surface area contributed by atoms with Gasteiger partial charge in [-0.1, -0.05) is 48.5 Å². The number of benzene rings is 4. The number of rotatable bonds is 3. The molecule has 0 aliphatic carbocycles. The molecule has 4 nitrogen and oxygen atoms in total. The maximum absolute atomic E-state index is 4.89. The Morgan fingerprint density at radius 1 is 0.732 bits per heavy atom. The van der Waals surface area contributed by atoms with Crippen LogP contribution in [0.5, 0.6) is 0 Å². The van der Waals surface area contributed by atoms with E-state index in [1.54, 1.807) is 0 Å². The van der Waals surface area contributed by atoms with Gasteiger partial charge in [-0.05, 0) is 60.5 Å². The normalized spacial score (nSPS) is 14.9. The highest BCUT2D eigenvalue weighted by Crippen LogP contribution is 2.47. The molecule has 2 aliphatic rings. The van der Waals surface area contributed by atoms with E-state index in [-0.39, 0.29) is 0 Å². The Morgan fingerprint density at radius 2 is 1.56 bits per heavy atom. The van der Waals surface area contributed by atoms with Crippen LogP contribution in [0.1, 0.15) is 12.0 Å². The molecule has 0 atom stereocenters. The number of hydrogen-bond acceptors (Lipinski definition) is 3. The van der Waals surface area contributed by atoms with Gasteiger partial charge in [-0.3, -0.25) is 9.98 Å². The maximum atomic E-state index is 4.89. The van der Waals surface area contributed by atoms with Crippen molar-refractivity contribution < 1.29 is 0 Å². The van der Waals surface area contributed by atoms with Crippen LogP contribution in [0.15, 0.2) is 119 Å². The van der Waals surface area contributed by atoms with Crippen molar-refractivity contribution in [1.82, 2.24) is 14.1 Å². The molecule has 4 aromatic carbocycles. The summed E-state index contributed by atoms with van der Waals surface area (Å²) in [5.74, 6) is 1.08. The second-order valence-electron chi connectivity index (χ2n) is 10.8. The molecule has 0 bridgehead atoms. The Morgan fingerprint density at radius 3 is 2.39 bits per heavy atom. The van der Waals surface area contributed by atoms with E-state index in [0.717, 1.165) is 53.4 Å². The molecule has 0 saturated heterocycles. The summed E-state index contributed by atoms with van der Waals surface area (Å²) in [7, 11) is 0. The van der Waals surface area contributed by atoms with Crippen molar-refractivity contribution in [3.05, 3.63) is 115 Å². The number of nitrogens with zero attached hydrogens (tertiary/aromatic N) is 4. The Labute approximate surface area is 241 Å². The van der Waals surface area contributed by atoms with Crippen LogP contribution in [-0.4, -0.2) is 32.1 Å². The van der Waals surface area contributed by atoms with Crippen molar-refractivity contribution >= 4 is 61.1 Å². The minimum absolute atomic E-state index is 0.830. The summed E-state index contributed by atoms with van der Waals surface area (Å²) in [5, 5.41) is 5.33. The monoisotopic (exact) mass is 546 g/mol. The van der Waals surface area contributed by atoms with Crippen LogP contribution in [0.3, 0.4) is 0 Å². The van der Waals surface area contributed by atoms with E-state index in [4.69, 9.17) is 4.99 Å². The Kier molecular flexibility index (Phi) is 5.05. The number of fused-ring (bicyclic) bond motifs is 7. The summed E-state index contributed by atoms with van der Waals surface area (Å²) in [5.41, 5.74) is 10.8. The number of dihydropyridines is 1. The van der Waals surface area contributed by atoms with Crippen molar-refractivity contribution in [2.75, 3.05) is 12.3 Å². The molecule has 0 spiro atoms. The number of pyridine rings is 1. The molecule has 7 aromatic rings. The van der Waals surface area contributed by atoms with Crippen LogP contribution in [0.4, 0.5) is 0 Å². The smallest absolute Gasteiger partial charge is 0.0644 e. The molecular weight excluding hydrogens is 520 g/mol. The van der Waals surface area contributed by atoms with Gasteiger partial charge in [0.1, 0.15) is 0 Å². The molecule has 0 N–H and O–H groups in total. The first-order chi connectivity index (χ1) is 20.3. The highest BCUT2D eigenvalue weighted by molar-refractivity contribution is 7.99. The molecule has 0 fully saturated rings. The third-order valence-electron chi connectivity index (χ3n) is 8.53. The van der Waals surface area contributed by atoms with Gasteiger partial charge in [0, 0.05) is 80.0 Å². The first-order valence-corrected chi connectivity index (χ1v) is 15.2. The zero-order valence-electron chi connectivity index (χ0n) is 22.4. The van der Waals surface area contributed by atoms with E-state index in [1.807, 2.05) is 30.2 Å². The van der Waals surface area contributed by atoms with E-state index in [9.17, 15) is 0 Å². The molecular formula is C36H26N4S. The number of para-hydroxylation sites is 2. The SMILES string of the molecule is C1=CC(c2cc(-c3cccnc3)cc(-n3c4ccccc4c4c5c6ccccc6n6c5c(cc43)SCC6)c2)=NCC1. The average molecular weight is 547 g/mol. The van der Waals surface area contributed by atoms with E-state index < -0.39 is 0 Å². The van der Waals surface area contributed by atoms with Crippen LogP contribution >= 0.6 is 11.8 Å². The standard InChI is InChI=1S/C36H26N4S/c1-3-12-30-27(9-1)35-34-28-10-2-4-13-31(28)40(32(34)21-33-36(35)39(30)16-17-41-33)26-19-24(23-8-7-14-37-22-23)18-25(20-26)29-11-5-6-15-38-29/h1-5,7-14,18-22H,6,15-17H2. The second kappa shape index (κ2) is 8.95. The Hall–Kier alpha value is -4.61. The molecule has 41 heavy (non-hydrogen) atoms. The minimum Gasteiger partial charge on any atom is -0.339 e. The molecule has 3 aromatic heterocycles. The molecule has 0 unspecified atom stereocenters. The lowest BCUT2D eigenvalue weighted by atomic mass is 9.99. The average Bonchev–Trinajstić information content (AvgIpc) is 3.56. The van der Waals surface area contributed by atoms with Crippen molar-refractivity contribution in [2.24, 2.45) is 4.99 Å². The lowest BCUT2D eigenvalue weighted by Crippen LogP contribution is -2.06. The fraction of sp³-hybridized carbons (Fsp3) is 0.111. The van der Waals surface area contributed by atoms with Crippen molar-refractivity contribution in [2.45, 2.75) is 17.9 Å². The minimum atomic E-state index is 0.830. The quantitative estimate of drug-likeness (QED) is 0.222. The molecule has 0 radical (unpaired) electrons. The fourth-order valence-corrected chi connectivity index (χ4v) is 7.85. The van der Waals surface area contributed by atoms with Gasteiger partial charge >= 0.3 is 0 Å². The number of allylic oxidation sites excluding steroid dienone is 1. The van der Waals surface area contributed by atoms with Crippen molar-refractivity contribution in [3.8, 4) is 16.8 Å². The summed E-state index contributed by atoms with van der Waals surface area (Å²) >= 11 is 1.98. The predicted octanol–water partition coefficient (Wildman–Crippen LogP) is 8.81. The number of hydrogen-bond donors (Lipinski definition) is 0. The second-order valence-corrected chi connectivity index (χ2v) is 12.0. The van der Waals surface area contributed by atoms with Crippen molar-refractivity contribution in [1.29, 1.82) is 0 Å². The van der Waals surface area contributed by atoms with Gasteiger partial charge in [0.25, 0.3) is 0 Å². The van der Waals surface area contributed by atoms with Gasteiger partial charge in [0.15, 0.2) is 0 Å². The number of aromatic nitrogens is 3. The van der Waals surface area contributed by atoms with Gasteiger partial charge in [-0.25, -0.2) is 0 Å². The van der Waals surface area contributed by atoms with Crippen LogP contribution in [-0.2, 0) is 6.54 Å². The molecule has 0 amide bonds. The summed E-state index contributed by atoms with van der Waals surface area (Å²) in [6.07, 6.45) is 9.18. The highest BCUT2D eigenvalue weighted by Gasteiger charge is 2.25. The van der Waals surface area contributed by atoms with Crippen LogP contribution in [0, 0.1) is 0 Å². The third-order valence-corrected chi connectivity index (χ3v) is 9.54. The van der Waals surface area contributed by atoms with E-state index >= 15 is 0 Å². The topological polar surface area (TPSA) is 35.1 Å². The third kappa shape index (κ3) is 3.42. The highest BCUT2D eigenvalue weighted by atomic mass is 32.2. The molecule has 0 saturated carbocycles. The predicted molar refractivity (Wildman–Crippen MR) is 173 cm³/mol. The molecule has 5 heterocycles. The Bertz CT molecular complexity index is 2230. The van der Waals surface area contributed by atoms with E-state index in [2.05, 4.69) is 105 Å². The molecule has 196 valence electrons. The van der Waals surface area contributed by atoms with Gasteiger partial charge in [-0.15, -0.1) is 11.8 Å². The summed E-state index contributed by atoms with van der Waals surface area (Å²) in [6, 6.07) is 31.3. The zero-order chi connectivity index (χ0) is 26.9. The molecule has 9 rings (SSSR count). The lowest BCUT2D eigenvalue weighted by Gasteiger charge is -2.18. The molecule has 2 aliphatic heterocycles. The first kappa shape index (κ1) is 23.1. The van der Waals surface area contributed by atoms with E-state index in [0.29, 0.717) is 0 Å². The van der Waals surface area contributed by atoms with Gasteiger partial charge in [0.2, 0.25) is 0 Å². The number of thioether (sulfide) groups is 1. The van der Waals surface area contributed by atoms with Crippen LogP contribution < -0.4 is 0 Å². The maximum Gasteiger partial charge on any atom is 0.0644 e. The molecule has 5 heteroatoms.